The van der Waals surface area contributed by atoms with Crippen molar-refractivity contribution in [3.05, 3.63) is 0 Å². The zero-order chi connectivity index (χ0) is 20.1. The summed E-state index contributed by atoms with van der Waals surface area (Å²) in [6, 6.07) is 0. The summed E-state index contributed by atoms with van der Waals surface area (Å²) < 4.78 is 0. The van der Waals surface area contributed by atoms with E-state index in [1.54, 1.807) is 0 Å². The highest BCUT2D eigenvalue weighted by atomic mass is 33.4. The lowest BCUT2D eigenvalue weighted by Crippen LogP contribution is -1.59. The Morgan fingerprint density at radius 2 is 0.640 bits per heavy atom. The van der Waals surface area contributed by atoms with E-state index in [4.69, 9.17) is 11.8 Å². The highest BCUT2D eigenvalue weighted by Crippen LogP contribution is 3.33. The quantitative estimate of drug-likeness (QED) is 0.188. The Labute approximate surface area is 200 Å². The van der Waals surface area contributed by atoms with Crippen LogP contribution in [0.25, 0.3) is 0 Å². The van der Waals surface area contributed by atoms with Gasteiger partial charge in [0.1, 0.15) is 0 Å². The van der Waals surface area contributed by atoms with Crippen LogP contribution in [0.4, 0.5) is 0 Å². The zero-order valence-corrected chi connectivity index (χ0v) is 38.1. The minimum absolute atomic E-state index is 0.0129. The molecule has 0 amide bonds. The van der Waals surface area contributed by atoms with E-state index >= 15 is 0 Å². The van der Waals surface area contributed by atoms with Crippen LogP contribution in [0, 0.1) is 0 Å². The Kier molecular flexibility index (Phi) is 27.6. The molecule has 0 aromatic rings. The van der Waals surface area contributed by atoms with Gasteiger partial charge in [-0.05, 0) is 62.9 Å². The lowest BCUT2D eigenvalue weighted by atomic mass is 28.5. The minimum Gasteiger partial charge on any atom is -0.102 e. The van der Waals surface area contributed by atoms with Gasteiger partial charge in [0.25, 0.3) is 0 Å². The molecule has 0 aliphatic rings. The van der Waals surface area contributed by atoms with Crippen LogP contribution in [0.3, 0.4) is 0 Å². The van der Waals surface area contributed by atoms with Crippen LogP contribution >= 0.6 is 191 Å². The molecule has 13 unspecified atom stereocenters. The van der Waals surface area contributed by atoms with Crippen LogP contribution in [0.15, 0.2) is 0 Å². The summed E-state index contributed by atoms with van der Waals surface area (Å²) in [7, 11) is 39.5. The highest BCUT2D eigenvalue weighted by molar-refractivity contribution is 9.39. The molecule has 25 heteroatoms. The van der Waals surface area contributed by atoms with Gasteiger partial charge in [0.2, 0.25) is 0 Å². The fourth-order valence-electron chi connectivity index (χ4n) is 1.26. The van der Waals surface area contributed by atoms with Gasteiger partial charge < -0.3 is 0 Å². The topological polar surface area (TPSA) is 0 Å². The largest absolute Gasteiger partial charge is 0.102 e. The second-order valence-corrected chi connectivity index (χ2v) is 100.0. The van der Waals surface area contributed by atoms with Gasteiger partial charge in [-0.3, -0.25) is 0 Å². The Balaban J connectivity index is 6.36. The van der Waals surface area contributed by atoms with Gasteiger partial charge in [0, 0.05) is 21.0 Å². The molecule has 0 rings (SSSR count). The lowest BCUT2D eigenvalue weighted by Gasteiger charge is -2.47. The SMILES string of the molecule is PP(P)P(P(P)P)P(P=S)P(P(P(P)P)P(P)P)P(P(P)P)P(P)P. The predicted molar refractivity (Wildman–Crippen MR) is 207 cm³/mol. The van der Waals surface area contributed by atoms with Crippen molar-refractivity contribution in [2.45, 2.75) is 0 Å². The summed E-state index contributed by atoms with van der Waals surface area (Å²) in [5.74, 6) is 0. The molecule has 0 heterocycles. The maximum atomic E-state index is 5.86. The van der Waals surface area contributed by atoms with Gasteiger partial charge >= 0.3 is 0 Å². The van der Waals surface area contributed by atoms with Gasteiger partial charge in [0.15, 0.2) is 0 Å². The Bertz CT molecular complexity index is 320. The van der Waals surface area contributed by atoms with E-state index in [0.29, 0.717) is 0 Å². The summed E-state index contributed by atoms with van der Waals surface area (Å²) in [5, 5.41) is 0. The van der Waals surface area contributed by atoms with Crippen LogP contribution < -0.4 is 0 Å². The summed E-state index contributed by atoms with van der Waals surface area (Å²) in [6.45, 7) is -0.269. The second-order valence-electron chi connectivity index (χ2n) is 3.70. The van der Waals surface area contributed by atoms with Crippen LogP contribution in [0.5, 0.6) is 0 Å². The third-order valence-electron chi connectivity index (χ3n) is 1.95. The molecule has 0 aromatic carbocycles. The van der Waals surface area contributed by atoms with E-state index in [-0.39, 0.29) is 76.9 Å². The van der Waals surface area contributed by atoms with Gasteiger partial charge in [-0.2, -0.15) is 0 Å². The molecule has 0 spiro atoms. The summed E-state index contributed by atoms with van der Waals surface area (Å²) in [5.41, 5.74) is 0. The normalized spacial score (nSPS) is 15.1. The fourth-order valence-corrected chi connectivity index (χ4v) is 307. The third-order valence-corrected chi connectivity index (χ3v) is 158. The van der Waals surface area contributed by atoms with Crippen molar-refractivity contribution >= 4 is 203 Å². The van der Waals surface area contributed by atoms with E-state index in [1.165, 1.54) is 7.04 Å². The average molecular weight is 800 g/mol. The molecule has 0 aromatic heterocycles. The van der Waals surface area contributed by atoms with Crippen molar-refractivity contribution in [1.82, 2.24) is 0 Å². The molecule has 150 valence electrons. The first-order chi connectivity index (χ1) is 11.4. The molecule has 0 radical (unpaired) electrons. The third kappa shape index (κ3) is 13.2. The van der Waals surface area contributed by atoms with E-state index in [2.05, 4.69) is 107 Å². The van der Waals surface area contributed by atoms with Crippen LogP contribution in [0.2, 0.25) is 0 Å². The van der Waals surface area contributed by atoms with Crippen molar-refractivity contribution in [2.24, 2.45) is 0 Å². The maximum absolute atomic E-state index is 5.86. The Morgan fingerprint density at radius 3 is 0.800 bits per heavy atom. The molecule has 0 aliphatic carbocycles. The molecular weight excluding hydrogens is 775 g/mol. The number of rotatable bonds is 11. The van der Waals surface area contributed by atoms with Crippen molar-refractivity contribution in [3.8, 4) is 0 Å². The van der Waals surface area contributed by atoms with Gasteiger partial charge in [-0.25, -0.2) is 0 Å². The van der Waals surface area contributed by atoms with Crippen molar-refractivity contribution in [1.29, 1.82) is 0 Å². The first-order valence-corrected chi connectivity index (χ1v) is 49.3. The van der Waals surface area contributed by atoms with E-state index in [1.807, 2.05) is 0 Å². The Hall–Kier alpha value is 10.4. The summed E-state index contributed by atoms with van der Waals surface area (Å²) >= 11 is 5.86. The zero-order valence-electron chi connectivity index (χ0n) is 12.7. The minimum atomic E-state index is -0.0660. The Morgan fingerprint density at radius 1 is 0.400 bits per heavy atom. The molecule has 25 heavy (non-hydrogen) atoms. The highest BCUT2D eigenvalue weighted by Gasteiger charge is 2.46. The molecule has 13 atom stereocenters. The number of hydrogen-bond acceptors (Lipinski definition) is 1. The standard InChI is InChI=1S/H24P24S/c1-14(2)21(15(3)4)20(13-25)24(22(16(5)6)17(7)8)23(18(9)10)19(11)12/h1-12H2. The van der Waals surface area contributed by atoms with E-state index in [9.17, 15) is 0 Å². The molecule has 0 fully saturated rings. The molecule has 0 nitrogen and oxygen atoms in total. The fraction of sp³-hybridized carbons (Fsp3) is 0. The van der Waals surface area contributed by atoms with Gasteiger partial charge in [-0.1, -0.05) is 11.8 Å². The number of hydrogen-bond donors (Lipinski definition) is 0. The summed E-state index contributed by atoms with van der Waals surface area (Å²) in [4.78, 5) is 0. The second kappa shape index (κ2) is 19.5. The van der Waals surface area contributed by atoms with Crippen LogP contribution in [0.1, 0.15) is 0 Å². The van der Waals surface area contributed by atoms with E-state index in [0.717, 1.165) is 0 Å². The van der Waals surface area contributed by atoms with E-state index < -0.39 is 0 Å². The summed E-state index contributed by atoms with van der Waals surface area (Å²) in [6.07, 6.45) is 0. The lowest BCUT2D eigenvalue weighted by molar-refractivity contribution is 4.47. The molecular formula is H24P24S. The van der Waals surface area contributed by atoms with Gasteiger partial charge in [0.05, 0.1) is 0 Å². The molecule has 0 saturated carbocycles. The van der Waals surface area contributed by atoms with Crippen molar-refractivity contribution in [3.63, 3.8) is 0 Å². The van der Waals surface area contributed by atoms with Crippen molar-refractivity contribution < 1.29 is 0 Å². The predicted octanol–water partition coefficient (Wildman–Crippen LogP) is 14.2. The molecule has 0 aliphatic heterocycles. The maximum Gasteiger partial charge on any atom is 0.0291 e. The first kappa shape index (κ1) is 35.4. The van der Waals surface area contributed by atoms with Crippen molar-refractivity contribution in [2.75, 3.05) is 0 Å². The molecule has 0 N–H and O–H groups in total. The van der Waals surface area contributed by atoms with Crippen LogP contribution in [-0.2, 0) is 11.8 Å². The van der Waals surface area contributed by atoms with Gasteiger partial charge in [-0.15, -0.1) is 107 Å². The monoisotopic (exact) mass is 800 g/mol. The average Bonchev–Trinajstić information content (AvgIpc) is 2.40. The van der Waals surface area contributed by atoms with Crippen LogP contribution in [-0.4, -0.2) is 0 Å². The first-order valence-electron chi connectivity index (χ1n) is 5.48. The molecule has 0 bridgehead atoms. The smallest absolute Gasteiger partial charge is 0.0291 e. The molecule has 0 saturated heterocycles.